The Balaban J connectivity index is 1.38. The monoisotopic (exact) mass is 380 g/mol. The van der Waals surface area contributed by atoms with Gasteiger partial charge >= 0.3 is 0 Å². The van der Waals surface area contributed by atoms with E-state index in [0.717, 1.165) is 51.7 Å². The first-order chi connectivity index (χ1) is 13.1. The van der Waals surface area contributed by atoms with Gasteiger partial charge in [-0.25, -0.2) is 0 Å². The van der Waals surface area contributed by atoms with Crippen molar-refractivity contribution < 1.29 is 4.79 Å². The summed E-state index contributed by atoms with van der Waals surface area (Å²) in [6.45, 7) is 3.76. The van der Waals surface area contributed by atoms with Crippen LogP contribution >= 0.6 is 11.3 Å². The minimum absolute atomic E-state index is 0.173. The molecule has 2 atom stereocenters. The van der Waals surface area contributed by atoms with Gasteiger partial charge < -0.3 is 4.90 Å². The zero-order valence-electron chi connectivity index (χ0n) is 15.3. The van der Waals surface area contributed by atoms with Crippen LogP contribution in [0, 0.1) is 6.92 Å². The number of likely N-dealkylation sites (tertiary alicyclic amines) is 2. The van der Waals surface area contributed by atoms with E-state index in [0.29, 0.717) is 18.5 Å². The van der Waals surface area contributed by atoms with Gasteiger partial charge in [-0.15, -0.1) is 10.2 Å². The number of likely N-dealkylation sites (N-methyl/N-ethyl adjacent to an activating group) is 1. The van der Waals surface area contributed by atoms with E-state index >= 15 is 0 Å². The lowest BCUT2D eigenvalue weighted by atomic mass is 10.1. The number of hydrogen-bond acceptors (Lipinski definition) is 7. The van der Waals surface area contributed by atoms with Gasteiger partial charge in [0.1, 0.15) is 10.0 Å². The fourth-order valence-corrected chi connectivity index (χ4v) is 4.80. The van der Waals surface area contributed by atoms with Crippen LogP contribution in [0.3, 0.4) is 0 Å². The number of hydrogen-bond donors (Lipinski definition) is 0. The maximum atomic E-state index is 12.8. The van der Waals surface area contributed by atoms with E-state index in [1.807, 2.05) is 24.0 Å². The smallest absolute Gasteiger partial charge is 0.228 e. The Morgan fingerprint density at radius 2 is 2.07 bits per heavy atom. The predicted octanol–water partition coefficient (Wildman–Crippen LogP) is 1.91. The summed E-state index contributed by atoms with van der Waals surface area (Å²) in [6, 6.07) is 4.90. The second-order valence-corrected chi connectivity index (χ2v) is 8.61. The van der Waals surface area contributed by atoms with Gasteiger partial charge in [-0.1, -0.05) is 11.3 Å². The topological polar surface area (TPSA) is 75.1 Å². The molecule has 2 saturated heterocycles. The largest absolute Gasteiger partial charge is 0.336 e. The van der Waals surface area contributed by atoms with Crippen LogP contribution in [0.4, 0.5) is 0 Å². The summed E-state index contributed by atoms with van der Waals surface area (Å²) in [4.78, 5) is 26.1. The third-order valence-corrected chi connectivity index (χ3v) is 6.45. The Labute approximate surface area is 161 Å². The molecule has 27 heavy (non-hydrogen) atoms. The molecule has 0 saturated carbocycles. The first kappa shape index (κ1) is 16.7. The van der Waals surface area contributed by atoms with Gasteiger partial charge in [0.15, 0.2) is 0 Å². The van der Waals surface area contributed by atoms with Crippen molar-refractivity contribution in [3.63, 3.8) is 0 Å². The molecule has 0 spiro atoms. The van der Waals surface area contributed by atoms with Crippen molar-refractivity contribution in [3.05, 3.63) is 35.2 Å². The molecule has 0 N–H and O–H groups in total. The number of rotatable bonds is 3. The molecule has 2 bridgehead atoms. The van der Waals surface area contributed by atoms with E-state index in [1.165, 1.54) is 0 Å². The molecule has 0 unspecified atom stereocenters. The Bertz CT molecular complexity index is 1030. The third kappa shape index (κ3) is 2.98. The van der Waals surface area contributed by atoms with E-state index in [2.05, 4.69) is 32.1 Å². The Kier molecular flexibility index (Phi) is 3.91. The summed E-state index contributed by atoms with van der Waals surface area (Å²) in [5, 5.41) is 11.0. The molecule has 7 nitrogen and oxygen atoms in total. The maximum Gasteiger partial charge on any atom is 0.228 e. The lowest BCUT2D eigenvalue weighted by molar-refractivity contribution is -0.132. The summed E-state index contributed by atoms with van der Waals surface area (Å²) < 4.78 is 0. The zero-order valence-corrected chi connectivity index (χ0v) is 16.1. The van der Waals surface area contributed by atoms with Gasteiger partial charge in [-0.05, 0) is 32.5 Å². The molecule has 5 rings (SSSR count). The van der Waals surface area contributed by atoms with Crippen molar-refractivity contribution in [2.45, 2.75) is 31.8 Å². The number of nitrogens with zero attached hydrogens (tertiary/aromatic N) is 6. The quantitative estimate of drug-likeness (QED) is 0.691. The van der Waals surface area contributed by atoms with Crippen LogP contribution in [0.15, 0.2) is 24.5 Å². The summed E-state index contributed by atoms with van der Waals surface area (Å²) in [7, 11) is 2.14. The fraction of sp³-hybridized carbons (Fsp3) is 0.421. The highest BCUT2D eigenvalue weighted by atomic mass is 32.1. The van der Waals surface area contributed by atoms with Crippen LogP contribution < -0.4 is 0 Å². The minimum Gasteiger partial charge on any atom is -0.336 e. The van der Waals surface area contributed by atoms with Crippen molar-refractivity contribution in [1.29, 1.82) is 0 Å². The summed E-state index contributed by atoms with van der Waals surface area (Å²) >= 11 is 1.55. The van der Waals surface area contributed by atoms with Gasteiger partial charge in [0.05, 0.1) is 23.8 Å². The first-order valence-corrected chi connectivity index (χ1v) is 9.93. The van der Waals surface area contributed by atoms with Crippen LogP contribution in [-0.2, 0) is 11.2 Å². The molecule has 0 aliphatic carbocycles. The summed E-state index contributed by atoms with van der Waals surface area (Å²) in [6.07, 6.45) is 4.98. The highest BCUT2D eigenvalue weighted by Crippen LogP contribution is 2.30. The van der Waals surface area contributed by atoms with Crippen molar-refractivity contribution in [2.75, 3.05) is 20.1 Å². The predicted molar refractivity (Wildman–Crippen MR) is 103 cm³/mol. The second kappa shape index (κ2) is 6.31. The molecule has 3 aromatic heterocycles. The summed E-state index contributed by atoms with van der Waals surface area (Å²) in [5.41, 5.74) is 2.55. The molecule has 2 aliphatic rings. The molecule has 1 amide bonds. The summed E-state index contributed by atoms with van der Waals surface area (Å²) in [5.74, 6) is 0.173. The molecular formula is C19H20N6OS. The number of pyridine rings is 2. The Hall–Kier alpha value is -2.45. The van der Waals surface area contributed by atoms with Crippen molar-refractivity contribution in [3.8, 4) is 10.6 Å². The van der Waals surface area contributed by atoms with Crippen LogP contribution in [0.1, 0.15) is 17.1 Å². The lowest BCUT2D eigenvalue weighted by Gasteiger charge is -2.32. The van der Waals surface area contributed by atoms with Gasteiger partial charge in [0, 0.05) is 42.3 Å². The number of fused-ring (bicyclic) bond motifs is 3. The lowest BCUT2D eigenvalue weighted by Crippen LogP contribution is -2.47. The number of carbonyl (C=O) groups is 1. The normalized spacial score (nSPS) is 22.1. The average Bonchev–Trinajstić information content (AvgIpc) is 3.36. The first-order valence-electron chi connectivity index (χ1n) is 9.12. The van der Waals surface area contributed by atoms with Crippen molar-refractivity contribution in [1.82, 2.24) is 30.0 Å². The van der Waals surface area contributed by atoms with Crippen LogP contribution in [-0.4, -0.2) is 68.1 Å². The molecule has 2 aliphatic heterocycles. The average molecular weight is 380 g/mol. The van der Waals surface area contributed by atoms with Crippen molar-refractivity contribution >= 4 is 28.1 Å². The van der Waals surface area contributed by atoms with Crippen molar-refractivity contribution in [2.24, 2.45) is 0 Å². The molecule has 2 fully saturated rings. The number of piperazine rings is 1. The van der Waals surface area contributed by atoms with Crippen LogP contribution in [0.2, 0.25) is 0 Å². The Morgan fingerprint density at radius 3 is 2.78 bits per heavy atom. The van der Waals surface area contributed by atoms with E-state index in [-0.39, 0.29) is 5.91 Å². The SMILES string of the molecule is Cc1nnc(-c2cnc3cnc(CC(=O)N4C[C@H]5C[C@@H]4CN5C)cc3c2)s1. The number of amides is 1. The van der Waals surface area contributed by atoms with Crippen LogP contribution in [0.5, 0.6) is 0 Å². The highest BCUT2D eigenvalue weighted by molar-refractivity contribution is 7.14. The molecule has 0 radical (unpaired) electrons. The molecule has 5 heterocycles. The van der Waals surface area contributed by atoms with Gasteiger partial charge in [-0.3, -0.25) is 19.7 Å². The Morgan fingerprint density at radius 1 is 1.19 bits per heavy atom. The third-order valence-electron chi connectivity index (χ3n) is 5.56. The fourth-order valence-electron chi connectivity index (χ4n) is 4.13. The van der Waals surface area contributed by atoms with Gasteiger partial charge in [-0.2, -0.15) is 0 Å². The van der Waals surface area contributed by atoms with Crippen LogP contribution in [0.25, 0.3) is 21.5 Å². The highest BCUT2D eigenvalue weighted by Gasteiger charge is 2.43. The molecule has 3 aromatic rings. The van der Waals surface area contributed by atoms with E-state index in [1.54, 1.807) is 23.7 Å². The number of aromatic nitrogens is 4. The standard InChI is InChI=1S/C19H20N6OS/c1-11-22-23-19(27-11)13-3-12-4-14(20-8-17(12)21-7-13)5-18(26)25-10-15-6-16(25)9-24(15)2/h3-4,7-8,15-16H,5-6,9-10H2,1-2H3/t15-,16-/m1/s1. The molecule has 0 aromatic carbocycles. The number of aryl methyl sites for hydroxylation is 1. The van der Waals surface area contributed by atoms with Gasteiger partial charge in [0.25, 0.3) is 0 Å². The van der Waals surface area contributed by atoms with E-state index in [4.69, 9.17) is 0 Å². The molecular weight excluding hydrogens is 360 g/mol. The molecule has 8 heteroatoms. The van der Waals surface area contributed by atoms with E-state index < -0.39 is 0 Å². The molecule has 138 valence electrons. The van der Waals surface area contributed by atoms with E-state index in [9.17, 15) is 4.79 Å². The van der Waals surface area contributed by atoms with Gasteiger partial charge in [0.2, 0.25) is 5.91 Å². The second-order valence-electron chi connectivity index (χ2n) is 7.42. The minimum atomic E-state index is 0.173. The zero-order chi connectivity index (χ0) is 18.5. The number of carbonyl (C=O) groups excluding carboxylic acids is 1. The maximum absolute atomic E-state index is 12.8.